The second-order valence-corrected chi connectivity index (χ2v) is 9.01. The van der Waals surface area contributed by atoms with Crippen LogP contribution in [0.2, 0.25) is 0 Å². The molecule has 7 nitrogen and oxygen atoms in total. The Hall–Kier alpha value is -3.82. The number of anilines is 2. The van der Waals surface area contributed by atoms with E-state index < -0.39 is 0 Å². The van der Waals surface area contributed by atoms with Gasteiger partial charge in [0, 0.05) is 11.8 Å². The average molecular weight is 461 g/mol. The predicted molar refractivity (Wildman–Crippen MR) is 127 cm³/mol. The smallest absolute Gasteiger partial charge is 0.291 e. The lowest BCUT2D eigenvalue weighted by Gasteiger charge is -2.04. The second kappa shape index (κ2) is 8.37. The number of thiophene rings is 1. The zero-order valence-electron chi connectivity index (χ0n) is 16.8. The number of aromatic nitrogens is 2. The van der Waals surface area contributed by atoms with Crippen molar-refractivity contribution in [1.29, 1.82) is 0 Å². The zero-order valence-corrected chi connectivity index (χ0v) is 18.4. The van der Waals surface area contributed by atoms with E-state index in [-0.39, 0.29) is 17.6 Å². The Labute approximate surface area is 190 Å². The van der Waals surface area contributed by atoms with Gasteiger partial charge in [-0.2, -0.15) is 0 Å². The molecule has 0 fully saturated rings. The number of amides is 2. The monoisotopic (exact) mass is 460 g/mol. The molecule has 32 heavy (non-hydrogen) atoms. The van der Waals surface area contributed by atoms with Crippen LogP contribution in [0.25, 0.3) is 20.8 Å². The Kier molecular flexibility index (Phi) is 5.26. The minimum atomic E-state index is -0.365. The van der Waals surface area contributed by atoms with Crippen LogP contribution in [0.5, 0.6) is 0 Å². The van der Waals surface area contributed by atoms with Gasteiger partial charge in [-0.25, -0.2) is 9.97 Å². The highest BCUT2D eigenvalue weighted by atomic mass is 32.1. The van der Waals surface area contributed by atoms with Gasteiger partial charge in [-0.1, -0.05) is 12.1 Å². The van der Waals surface area contributed by atoms with Gasteiger partial charge in [0.25, 0.3) is 11.8 Å². The molecule has 0 saturated heterocycles. The molecule has 0 aliphatic heterocycles. The minimum absolute atomic E-state index is 0.208. The maximum absolute atomic E-state index is 12.8. The van der Waals surface area contributed by atoms with Crippen LogP contribution in [0.3, 0.4) is 0 Å². The fourth-order valence-electron chi connectivity index (χ4n) is 3.11. The number of pyridine rings is 1. The minimum Gasteiger partial charge on any atom is -0.459 e. The summed E-state index contributed by atoms with van der Waals surface area (Å²) < 4.78 is 6.20. The third kappa shape index (κ3) is 4.03. The van der Waals surface area contributed by atoms with Crippen LogP contribution in [0, 0.1) is 6.92 Å². The molecular weight excluding hydrogens is 444 g/mol. The Bertz CT molecular complexity index is 1390. The number of benzene rings is 1. The molecule has 5 rings (SSSR count). The van der Waals surface area contributed by atoms with Crippen LogP contribution in [0.15, 0.2) is 71.5 Å². The number of nitrogens with one attached hydrogen (secondary N) is 2. The summed E-state index contributed by atoms with van der Waals surface area (Å²) in [6.07, 6.45) is 3.13. The zero-order chi connectivity index (χ0) is 22.1. The van der Waals surface area contributed by atoms with Crippen molar-refractivity contribution in [3.05, 3.63) is 83.3 Å². The van der Waals surface area contributed by atoms with Gasteiger partial charge in [0.1, 0.15) is 10.8 Å². The molecule has 9 heteroatoms. The van der Waals surface area contributed by atoms with Crippen LogP contribution < -0.4 is 10.6 Å². The summed E-state index contributed by atoms with van der Waals surface area (Å²) in [4.78, 5) is 34.4. The molecule has 4 aromatic heterocycles. The summed E-state index contributed by atoms with van der Waals surface area (Å²) in [6.45, 7) is 1.82. The summed E-state index contributed by atoms with van der Waals surface area (Å²) in [5.74, 6) is -0.00477. The molecular formula is C23H16N4O3S2. The first kappa shape index (κ1) is 20.1. The molecule has 0 atom stereocenters. The van der Waals surface area contributed by atoms with Crippen LogP contribution in [0.1, 0.15) is 25.8 Å². The van der Waals surface area contributed by atoms with Crippen molar-refractivity contribution >= 4 is 55.5 Å². The van der Waals surface area contributed by atoms with Gasteiger partial charge in [-0.15, -0.1) is 22.7 Å². The Balaban J connectivity index is 1.28. The quantitative estimate of drug-likeness (QED) is 0.344. The van der Waals surface area contributed by atoms with E-state index in [2.05, 4.69) is 20.6 Å². The molecule has 0 saturated carbocycles. The van der Waals surface area contributed by atoms with Crippen molar-refractivity contribution in [3.8, 4) is 10.6 Å². The maximum atomic E-state index is 12.8. The molecule has 4 heterocycles. The highest BCUT2D eigenvalue weighted by molar-refractivity contribution is 7.21. The van der Waals surface area contributed by atoms with Crippen LogP contribution in [-0.2, 0) is 0 Å². The molecule has 2 amide bonds. The summed E-state index contributed by atoms with van der Waals surface area (Å²) in [5, 5.41) is 7.00. The van der Waals surface area contributed by atoms with E-state index in [1.165, 1.54) is 17.6 Å². The van der Waals surface area contributed by atoms with Crippen molar-refractivity contribution in [3.63, 3.8) is 0 Å². The SMILES string of the molecule is Cc1cc(NC(=O)c2ccco2)sc1C(=O)Nc1ccc(-c2nc3ccccc3s2)cn1. The number of hydrogen-bond donors (Lipinski definition) is 2. The van der Waals surface area contributed by atoms with Gasteiger partial charge in [0.2, 0.25) is 0 Å². The number of aryl methyl sites for hydroxylation is 1. The topological polar surface area (TPSA) is 97.1 Å². The molecule has 158 valence electrons. The van der Waals surface area contributed by atoms with Crippen LogP contribution in [-0.4, -0.2) is 21.8 Å². The van der Waals surface area contributed by atoms with Crippen LogP contribution in [0.4, 0.5) is 10.8 Å². The first-order valence-electron chi connectivity index (χ1n) is 9.65. The third-order valence-electron chi connectivity index (χ3n) is 4.65. The molecule has 0 spiro atoms. The van der Waals surface area contributed by atoms with Gasteiger partial charge in [-0.05, 0) is 55.0 Å². The van der Waals surface area contributed by atoms with Gasteiger partial charge in [-0.3, -0.25) is 9.59 Å². The highest BCUT2D eigenvalue weighted by Crippen LogP contribution is 2.31. The number of rotatable bonds is 5. The summed E-state index contributed by atoms with van der Waals surface area (Å²) in [7, 11) is 0. The second-order valence-electron chi connectivity index (χ2n) is 6.93. The van der Waals surface area contributed by atoms with Crippen molar-refractivity contribution in [1.82, 2.24) is 9.97 Å². The summed E-state index contributed by atoms with van der Waals surface area (Å²) >= 11 is 2.79. The average Bonchev–Trinajstić information content (AvgIpc) is 3.54. The molecule has 0 aliphatic carbocycles. The molecule has 0 bridgehead atoms. The maximum Gasteiger partial charge on any atom is 0.291 e. The van der Waals surface area contributed by atoms with Gasteiger partial charge >= 0.3 is 0 Å². The molecule has 1 aromatic carbocycles. The fraction of sp³-hybridized carbons (Fsp3) is 0.0435. The third-order valence-corrected chi connectivity index (χ3v) is 6.89. The first-order valence-corrected chi connectivity index (χ1v) is 11.3. The summed E-state index contributed by atoms with van der Waals surface area (Å²) in [5.41, 5.74) is 2.60. The molecule has 0 unspecified atom stereocenters. The van der Waals surface area contributed by atoms with E-state index in [0.717, 1.165) is 26.4 Å². The van der Waals surface area contributed by atoms with Crippen molar-refractivity contribution < 1.29 is 14.0 Å². The number of fused-ring (bicyclic) bond motifs is 1. The number of hydrogen-bond acceptors (Lipinski definition) is 7. The van der Waals surface area contributed by atoms with E-state index in [1.54, 1.807) is 41.8 Å². The van der Waals surface area contributed by atoms with E-state index in [1.807, 2.05) is 37.3 Å². The largest absolute Gasteiger partial charge is 0.459 e. The number of nitrogens with zero attached hydrogens (tertiary/aromatic N) is 2. The lowest BCUT2D eigenvalue weighted by molar-refractivity contribution is 0.0995. The number of thiazole rings is 1. The predicted octanol–water partition coefficient (Wildman–Crippen LogP) is 5.83. The van der Waals surface area contributed by atoms with Gasteiger partial charge in [0.05, 0.1) is 26.4 Å². The summed E-state index contributed by atoms with van der Waals surface area (Å²) in [6, 6.07) is 16.6. The molecule has 0 aliphatic rings. The van der Waals surface area contributed by atoms with E-state index in [0.29, 0.717) is 15.7 Å². The Morgan fingerprint density at radius 1 is 0.969 bits per heavy atom. The fourth-order valence-corrected chi connectivity index (χ4v) is 5.03. The normalized spacial score (nSPS) is 10.9. The van der Waals surface area contributed by atoms with Crippen LogP contribution >= 0.6 is 22.7 Å². The molecule has 5 aromatic rings. The molecule has 0 radical (unpaired) electrons. The number of carbonyl (C=O) groups excluding carboxylic acids is 2. The van der Waals surface area contributed by atoms with E-state index in [9.17, 15) is 9.59 Å². The Morgan fingerprint density at radius 2 is 1.84 bits per heavy atom. The number of carbonyl (C=O) groups is 2. The van der Waals surface area contributed by atoms with Crippen molar-refractivity contribution in [2.24, 2.45) is 0 Å². The standard InChI is InChI=1S/C23H16N4O3S2/c1-13-11-19(27-21(28)16-6-4-10-30-16)32-20(13)22(29)26-18-9-8-14(12-24-18)23-25-15-5-2-3-7-17(15)31-23/h2-12H,1H3,(H,27,28)(H,24,26,29). The number of furan rings is 1. The Morgan fingerprint density at radius 3 is 2.59 bits per heavy atom. The highest BCUT2D eigenvalue weighted by Gasteiger charge is 2.17. The lowest BCUT2D eigenvalue weighted by atomic mass is 10.2. The first-order chi connectivity index (χ1) is 15.6. The van der Waals surface area contributed by atoms with E-state index >= 15 is 0 Å². The molecule has 2 N–H and O–H groups in total. The van der Waals surface area contributed by atoms with Gasteiger partial charge < -0.3 is 15.1 Å². The van der Waals surface area contributed by atoms with Gasteiger partial charge in [0.15, 0.2) is 5.76 Å². The lowest BCUT2D eigenvalue weighted by Crippen LogP contribution is -2.12. The van der Waals surface area contributed by atoms with Crippen molar-refractivity contribution in [2.75, 3.05) is 10.6 Å². The number of para-hydroxylation sites is 1. The van der Waals surface area contributed by atoms with Crippen molar-refractivity contribution in [2.45, 2.75) is 6.92 Å². The van der Waals surface area contributed by atoms with E-state index in [4.69, 9.17) is 4.42 Å².